The third-order valence-electron chi connectivity index (χ3n) is 3.53. The van der Waals surface area contributed by atoms with Crippen LogP contribution in [0.25, 0.3) is 0 Å². The highest BCUT2D eigenvalue weighted by atomic mass is 16.6. The highest BCUT2D eigenvalue weighted by molar-refractivity contribution is 5.19. The van der Waals surface area contributed by atoms with E-state index in [4.69, 9.17) is 0 Å². The summed E-state index contributed by atoms with van der Waals surface area (Å²) >= 11 is 0. The van der Waals surface area contributed by atoms with Crippen LogP contribution in [0.2, 0.25) is 0 Å². The summed E-state index contributed by atoms with van der Waals surface area (Å²) in [6, 6.07) is 9.77. The monoisotopic (exact) mass is 287 g/mol. The first-order valence-electron chi connectivity index (χ1n) is 7.86. The van der Waals surface area contributed by atoms with Gasteiger partial charge in [-0.2, -0.15) is 0 Å². The molecule has 0 bridgehead atoms. The molecule has 0 saturated heterocycles. The van der Waals surface area contributed by atoms with Gasteiger partial charge in [0.05, 0.1) is 0 Å². The normalized spacial score (nSPS) is 11.5. The summed E-state index contributed by atoms with van der Waals surface area (Å²) in [6.45, 7) is 2.19. The van der Waals surface area contributed by atoms with Crippen molar-refractivity contribution in [2.24, 2.45) is 0 Å². The van der Waals surface area contributed by atoms with Crippen molar-refractivity contribution in [2.75, 3.05) is 6.54 Å². The number of benzene rings is 1. The second kappa shape index (κ2) is 10.9. The lowest BCUT2D eigenvalue weighted by Gasteiger charge is -2.12. The predicted octanol–water partition coefficient (Wildman–Crippen LogP) is 4.80. The minimum atomic E-state index is -0.214. The molecule has 1 rings (SSSR count). The molecule has 1 aromatic carbocycles. The van der Waals surface area contributed by atoms with Crippen LogP contribution >= 0.6 is 0 Å². The van der Waals surface area contributed by atoms with Crippen molar-refractivity contribution in [1.82, 2.24) is 0 Å². The van der Waals surface area contributed by atoms with Crippen LogP contribution in [0.1, 0.15) is 63.4 Å². The van der Waals surface area contributed by atoms with Gasteiger partial charge in [-0.15, -0.1) is 11.8 Å². The summed E-state index contributed by atoms with van der Waals surface area (Å²) in [5, 5.41) is 10.8. The maximum absolute atomic E-state index is 10.8. The fraction of sp³-hybridized carbons (Fsp3) is 0.556. The molecule has 1 unspecified atom stereocenters. The maximum atomic E-state index is 10.8. The SMILES string of the molecule is CCCCCC#CCCCC(C[N+](=O)[O-])c1ccccc1. The molecule has 0 saturated carbocycles. The van der Waals surface area contributed by atoms with Gasteiger partial charge in [0.15, 0.2) is 0 Å². The summed E-state index contributed by atoms with van der Waals surface area (Å²) in [7, 11) is 0. The van der Waals surface area contributed by atoms with E-state index in [1.807, 2.05) is 30.3 Å². The molecule has 1 aromatic rings. The van der Waals surface area contributed by atoms with Crippen molar-refractivity contribution < 1.29 is 4.92 Å². The smallest absolute Gasteiger partial charge is 0.210 e. The van der Waals surface area contributed by atoms with E-state index in [9.17, 15) is 10.1 Å². The summed E-state index contributed by atoms with van der Waals surface area (Å²) in [5.74, 6) is 6.38. The Labute approximate surface area is 127 Å². The zero-order valence-electron chi connectivity index (χ0n) is 12.9. The molecule has 0 fully saturated rings. The van der Waals surface area contributed by atoms with Crippen molar-refractivity contribution in [3.8, 4) is 11.8 Å². The second-order valence-electron chi connectivity index (χ2n) is 5.33. The lowest BCUT2D eigenvalue weighted by Crippen LogP contribution is -2.12. The first-order valence-corrected chi connectivity index (χ1v) is 7.86. The van der Waals surface area contributed by atoms with E-state index in [1.165, 1.54) is 19.3 Å². The maximum Gasteiger partial charge on any atom is 0.210 e. The number of nitro groups is 1. The van der Waals surface area contributed by atoms with Gasteiger partial charge in [0.1, 0.15) is 0 Å². The van der Waals surface area contributed by atoms with Crippen LogP contribution in [0.5, 0.6) is 0 Å². The molecule has 0 radical (unpaired) electrons. The van der Waals surface area contributed by atoms with E-state index in [1.54, 1.807) is 0 Å². The van der Waals surface area contributed by atoms with Gasteiger partial charge >= 0.3 is 0 Å². The Hall–Kier alpha value is -1.82. The molecule has 0 aliphatic carbocycles. The zero-order valence-corrected chi connectivity index (χ0v) is 12.9. The van der Waals surface area contributed by atoms with E-state index in [2.05, 4.69) is 18.8 Å². The topological polar surface area (TPSA) is 43.1 Å². The Morgan fingerprint density at radius 3 is 2.38 bits per heavy atom. The van der Waals surface area contributed by atoms with Crippen LogP contribution in [0.3, 0.4) is 0 Å². The van der Waals surface area contributed by atoms with E-state index >= 15 is 0 Å². The average molecular weight is 287 g/mol. The fourth-order valence-corrected chi connectivity index (χ4v) is 2.35. The van der Waals surface area contributed by atoms with E-state index in [-0.39, 0.29) is 17.4 Å². The van der Waals surface area contributed by atoms with Crippen molar-refractivity contribution >= 4 is 0 Å². The Morgan fingerprint density at radius 1 is 1.10 bits per heavy atom. The summed E-state index contributed by atoms with van der Waals surface area (Å²) in [6.07, 6.45) is 7.22. The minimum absolute atomic E-state index is 0.00286. The summed E-state index contributed by atoms with van der Waals surface area (Å²) in [5.41, 5.74) is 1.06. The number of hydrogen-bond acceptors (Lipinski definition) is 2. The quantitative estimate of drug-likeness (QED) is 0.283. The number of unbranched alkanes of at least 4 members (excludes halogenated alkanes) is 4. The minimum Gasteiger partial charge on any atom is -0.265 e. The highest BCUT2D eigenvalue weighted by Crippen LogP contribution is 2.22. The summed E-state index contributed by atoms with van der Waals surface area (Å²) < 4.78 is 0. The molecule has 0 N–H and O–H groups in total. The van der Waals surface area contributed by atoms with E-state index in [0.29, 0.717) is 0 Å². The standard InChI is InChI=1S/C18H25NO2/c1-2-3-4-5-6-7-8-10-15-18(16-19(20)21)17-13-11-9-12-14-17/h9,11-14,18H,2-5,8,10,15-16H2,1H3. The average Bonchev–Trinajstić information content (AvgIpc) is 2.49. The van der Waals surface area contributed by atoms with Crippen LogP contribution in [0, 0.1) is 22.0 Å². The number of hydrogen-bond donors (Lipinski definition) is 0. The molecule has 0 aromatic heterocycles. The van der Waals surface area contributed by atoms with Gasteiger partial charge in [0.25, 0.3) is 0 Å². The Morgan fingerprint density at radius 2 is 1.76 bits per heavy atom. The molecular formula is C18H25NO2. The Kier molecular flexibility index (Phi) is 8.95. The van der Waals surface area contributed by atoms with Gasteiger partial charge < -0.3 is 0 Å². The van der Waals surface area contributed by atoms with Crippen molar-refractivity contribution in [2.45, 2.75) is 57.8 Å². The van der Waals surface area contributed by atoms with Gasteiger partial charge in [0, 0.05) is 23.7 Å². The van der Waals surface area contributed by atoms with Crippen LogP contribution in [-0.2, 0) is 0 Å². The predicted molar refractivity (Wildman–Crippen MR) is 86.8 cm³/mol. The molecule has 21 heavy (non-hydrogen) atoms. The number of rotatable bonds is 9. The largest absolute Gasteiger partial charge is 0.265 e. The first-order chi connectivity index (χ1) is 10.2. The lowest BCUT2D eigenvalue weighted by atomic mass is 9.93. The molecule has 3 heteroatoms. The Balaban J connectivity index is 2.35. The van der Waals surface area contributed by atoms with Crippen LogP contribution in [0.15, 0.2) is 30.3 Å². The van der Waals surface area contributed by atoms with Crippen LogP contribution in [-0.4, -0.2) is 11.5 Å². The molecule has 114 valence electrons. The first kappa shape index (κ1) is 17.2. The molecule has 0 heterocycles. The van der Waals surface area contributed by atoms with Gasteiger partial charge in [-0.25, -0.2) is 0 Å². The zero-order chi connectivity index (χ0) is 15.3. The molecular weight excluding hydrogens is 262 g/mol. The van der Waals surface area contributed by atoms with Crippen molar-refractivity contribution in [3.05, 3.63) is 46.0 Å². The third-order valence-corrected chi connectivity index (χ3v) is 3.53. The number of nitrogens with zero attached hydrogens (tertiary/aromatic N) is 1. The molecule has 0 aliphatic rings. The van der Waals surface area contributed by atoms with Crippen molar-refractivity contribution in [3.63, 3.8) is 0 Å². The van der Waals surface area contributed by atoms with E-state index in [0.717, 1.165) is 31.2 Å². The highest BCUT2D eigenvalue weighted by Gasteiger charge is 2.16. The van der Waals surface area contributed by atoms with E-state index < -0.39 is 0 Å². The molecule has 0 spiro atoms. The molecule has 1 atom stereocenters. The second-order valence-corrected chi connectivity index (χ2v) is 5.33. The molecule has 0 amide bonds. The fourth-order valence-electron chi connectivity index (χ4n) is 2.35. The molecule has 0 aliphatic heterocycles. The summed E-state index contributed by atoms with van der Waals surface area (Å²) in [4.78, 5) is 10.6. The lowest BCUT2D eigenvalue weighted by molar-refractivity contribution is -0.483. The van der Waals surface area contributed by atoms with Crippen LogP contribution < -0.4 is 0 Å². The molecule has 3 nitrogen and oxygen atoms in total. The van der Waals surface area contributed by atoms with Gasteiger partial charge in [0.2, 0.25) is 6.54 Å². The van der Waals surface area contributed by atoms with Gasteiger partial charge in [-0.05, 0) is 24.8 Å². The van der Waals surface area contributed by atoms with Crippen LogP contribution in [0.4, 0.5) is 0 Å². The van der Waals surface area contributed by atoms with Crippen molar-refractivity contribution in [1.29, 1.82) is 0 Å². The Bertz CT molecular complexity index is 459. The van der Waals surface area contributed by atoms with Gasteiger partial charge in [-0.3, -0.25) is 10.1 Å². The van der Waals surface area contributed by atoms with Gasteiger partial charge in [-0.1, -0.05) is 50.1 Å². The third kappa shape index (κ3) is 8.14.